The maximum Gasteiger partial charge on any atom is 0.174 e. The van der Waals surface area contributed by atoms with E-state index in [2.05, 4.69) is 4.90 Å². The Labute approximate surface area is 171 Å². The zero-order valence-corrected chi connectivity index (χ0v) is 16.9. The van der Waals surface area contributed by atoms with Gasteiger partial charge in [0.05, 0.1) is 17.6 Å². The fourth-order valence-corrected chi connectivity index (χ4v) is 7.09. The molecule has 0 amide bonds. The van der Waals surface area contributed by atoms with E-state index in [1.54, 1.807) is 6.07 Å². The summed E-state index contributed by atoms with van der Waals surface area (Å²) in [4.78, 5) is 15.8. The van der Waals surface area contributed by atoms with Gasteiger partial charge in [0.1, 0.15) is 11.5 Å². The lowest BCUT2D eigenvalue weighted by Crippen LogP contribution is -2.77. The molecule has 4 atom stereocenters. The van der Waals surface area contributed by atoms with Crippen LogP contribution in [0.5, 0.6) is 11.5 Å². The first-order valence-corrected chi connectivity index (χ1v) is 11.5. The molecule has 2 heterocycles. The summed E-state index contributed by atoms with van der Waals surface area (Å²) in [5.41, 5.74) is 1.32. The van der Waals surface area contributed by atoms with Gasteiger partial charge in [-0.05, 0) is 75.5 Å². The summed E-state index contributed by atoms with van der Waals surface area (Å²) in [6, 6.07) is 3.85. The molecule has 1 saturated heterocycles. The van der Waals surface area contributed by atoms with E-state index < -0.39 is 11.5 Å². The normalized spacial score (nSPS) is 39.9. The molecule has 1 aromatic carbocycles. The van der Waals surface area contributed by atoms with E-state index in [0.29, 0.717) is 18.1 Å². The Hall–Kier alpha value is -1.59. The number of Topliss-reactive ketones (excluding diaryl/α,β-unsaturated/α-hetero) is 1. The Morgan fingerprint density at radius 1 is 1.17 bits per heavy atom. The molecule has 0 radical (unpaired) electrons. The molecule has 0 aromatic heterocycles. The number of nitrogens with zero attached hydrogens (tertiary/aromatic N) is 1. The van der Waals surface area contributed by atoms with Crippen molar-refractivity contribution in [2.75, 3.05) is 19.7 Å². The van der Waals surface area contributed by atoms with E-state index in [1.165, 1.54) is 25.7 Å². The third-order valence-electron chi connectivity index (χ3n) is 8.81. The van der Waals surface area contributed by atoms with Crippen LogP contribution in [-0.2, 0) is 21.4 Å². The topological polar surface area (TPSA) is 59.0 Å². The van der Waals surface area contributed by atoms with Gasteiger partial charge in [0.15, 0.2) is 11.9 Å². The molecule has 2 aliphatic heterocycles. The lowest BCUT2D eigenvalue weighted by atomic mass is 9.48. The zero-order chi connectivity index (χ0) is 19.4. The van der Waals surface area contributed by atoms with Crippen LogP contribution in [-0.4, -0.2) is 53.2 Å². The molecule has 3 saturated carbocycles. The Morgan fingerprint density at radius 2 is 2.00 bits per heavy atom. The van der Waals surface area contributed by atoms with Crippen LogP contribution in [0, 0.1) is 11.8 Å². The first-order valence-electron chi connectivity index (χ1n) is 11.5. The van der Waals surface area contributed by atoms with Crippen LogP contribution in [0.4, 0.5) is 0 Å². The first-order chi connectivity index (χ1) is 14.1. The first kappa shape index (κ1) is 17.1. The van der Waals surface area contributed by atoms with Gasteiger partial charge in [0.2, 0.25) is 0 Å². The van der Waals surface area contributed by atoms with Crippen LogP contribution in [0.1, 0.15) is 56.1 Å². The molecule has 1 N–H and O–H groups in total. The summed E-state index contributed by atoms with van der Waals surface area (Å²) in [7, 11) is 0. The maximum absolute atomic E-state index is 13.1. The lowest BCUT2D eigenvalue weighted by Gasteiger charge is -2.64. The largest absolute Gasteiger partial charge is 0.508 e. The molecule has 29 heavy (non-hydrogen) atoms. The average molecular weight is 395 g/mol. The molecular formula is C24H29NO4. The number of phenols is 1. The Bertz CT molecular complexity index is 906. The van der Waals surface area contributed by atoms with Crippen LogP contribution < -0.4 is 4.74 Å². The molecule has 5 heteroatoms. The van der Waals surface area contributed by atoms with Crippen molar-refractivity contribution in [2.45, 2.75) is 74.5 Å². The quantitative estimate of drug-likeness (QED) is 0.831. The standard InChI is InChI=1S/C24H29NO4/c26-17-5-6-19-21-16(17)11-20-24(28-13-15-3-4-15)8-7-18(27)22(29-19)23(21,24)9-10-25(20)12-14-1-2-14/h5-6,14-15,20,22,26H,1-4,7-13H2/t20-,22?,23+,24-/m1/s1. The van der Waals surface area contributed by atoms with Crippen molar-refractivity contribution in [3.05, 3.63) is 23.3 Å². The molecule has 2 bridgehead atoms. The predicted molar refractivity (Wildman–Crippen MR) is 106 cm³/mol. The SMILES string of the molecule is O=C1CC[C@@]2(OCC3CC3)[C@H]3Cc4c(O)ccc5c4[C@@]2(CCN3CC2CC2)C1O5. The van der Waals surface area contributed by atoms with E-state index in [9.17, 15) is 9.90 Å². The van der Waals surface area contributed by atoms with Crippen molar-refractivity contribution in [3.63, 3.8) is 0 Å². The third kappa shape index (κ3) is 2.11. The van der Waals surface area contributed by atoms with E-state index in [-0.39, 0.29) is 17.4 Å². The monoisotopic (exact) mass is 395 g/mol. The van der Waals surface area contributed by atoms with E-state index >= 15 is 0 Å². The van der Waals surface area contributed by atoms with Crippen molar-refractivity contribution in [1.29, 1.82) is 0 Å². The van der Waals surface area contributed by atoms with Crippen molar-refractivity contribution < 1.29 is 19.4 Å². The van der Waals surface area contributed by atoms with Crippen molar-refractivity contribution in [3.8, 4) is 11.5 Å². The molecule has 4 fully saturated rings. The van der Waals surface area contributed by atoms with Crippen molar-refractivity contribution in [1.82, 2.24) is 4.90 Å². The van der Waals surface area contributed by atoms with Gasteiger partial charge in [-0.25, -0.2) is 0 Å². The Balaban J connectivity index is 1.43. The van der Waals surface area contributed by atoms with Crippen molar-refractivity contribution in [2.24, 2.45) is 11.8 Å². The number of phenolic OH excluding ortho intramolecular Hbond substituents is 1. The fraction of sp³-hybridized carbons (Fsp3) is 0.708. The second-order valence-electron chi connectivity index (χ2n) is 10.4. The number of likely N-dealkylation sites (tertiary alicyclic amines) is 1. The lowest BCUT2D eigenvalue weighted by molar-refractivity contribution is -0.215. The highest BCUT2D eigenvalue weighted by molar-refractivity contribution is 5.89. The zero-order valence-electron chi connectivity index (χ0n) is 16.9. The van der Waals surface area contributed by atoms with Crippen LogP contribution in [0.15, 0.2) is 12.1 Å². The minimum absolute atomic E-state index is 0.216. The van der Waals surface area contributed by atoms with Gasteiger partial charge in [-0.15, -0.1) is 0 Å². The van der Waals surface area contributed by atoms with Crippen LogP contribution in [0.2, 0.25) is 0 Å². The van der Waals surface area contributed by atoms with Gasteiger partial charge in [-0.2, -0.15) is 0 Å². The number of carbonyl (C=O) groups excluding carboxylic acids is 1. The second-order valence-corrected chi connectivity index (χ2v) is 10.4. The van der Waals surface area contributed by atoms with Crippen LogP contribution >= 0.6 is 0 Å². The van der Waals surface area contributed by atoms with Gasteiger partial charge >= 0.3 is 0 Å². The highest BCUT2D eigenvalue weighted by Crippen LogP contribution is 2.66. The molecule has 5 nitrogen and oxygen atoms in total. The summed E-state index contributed by atoms with van der Waals surface area (Å²) in [6.45, 7) is 2.93. The molecule has 154 valence electrons. The maximum atomic E-state index is 13.1. The summed E-state index contributed by atoms with van der Waals surface area (Å²) in [6.07, 6.45) is 7.78. The number of carbonyl (C=O) groups is 1. The summed E-state index contributed by atoms with van der Waals surface area (Å²) in [5, 5.41) is 10.8. The smallest absolute Gasteiger partial charge is 0.174 e. The molecule has 1 unspecified atom stereocenters. The van der Waals surface area contributed by atoms with Crippen LogP contribution in [0.3, 0.4) is 0 Å². The molecule has 7 rings (SSSR count). The highest BCUT2D eigenvalue weighted by Gasteiger charge is 2.74. The van der Waals surface area contributed by atoms with Crippen molar-refractivity contribution >= 4 is 5.78 Å². The molecular weight excluding hydrogens is 366 g/mol. The van der Waals surface area contributed by atoms with Gasteiger partial charge in [0, 0.05) is 30.1 Å². The van der Waals surface area contributed by atoms with Gasteiger partial charge in [-0.3, -0.25) is 9.69 Å². The predicted octanol–water partition coefficient (Wildman–Crippen LogP) is 2.96. The third-order valence-corrected chi connectivity index (χ3v) is 8.81. The summed E-state index contributed by atoms with van der Waals surface area (Å²) < 4.78 is 13.3. The number of hydrogen-bond acceptors (Lipinski definition) is 5. The fourth-order valence-electron chi connectivity index (χ4n) is 7.09. The number of piperidine rings is 1. The molecule has 4 aliphatic carbocycles. The number of aromatic hydroxyl groups is 1. The molecule has 6 aliphatic rings. The van der Waals surface area contributed by atoms with E-state index in [4.69, 9.17) is 9.47 Å². The minimum atomic E-state index is -0.447. The van der Waals surface area contributed by atoms with E-state index in [0.717, 1.165) is 61.8 Å². The van der Waals surface area contributed by atoms with Gasteiger partial charge < -0.3 is 14.6 Å². The molecule has 1 spiro atoms. The van der Waals surface area contributed by atoms with Gasteiger partial charge in [-0.1, -0.05) is 0 Å². The second kappa shape index (κ2) is 5.55. The number of ketones is 1. The Kier molecular flexibility index (Phi) is 3.28. The highest BCUT2D eigenvalue weighted by atomic mass is 16.5. The summed E-state index contributed by atoms with van der Waals surface area (Å²) in [5.74, 6) is 2.88. The Morgan fingerprint density at radius 3 is 2.79 bits per heavy atom. The number of rotatable bonds is 5. The number of hydrogen-bond donors (Lipinski definition) is 1. The number of ether oxygens (including phenoxy) is 2. The average Bonchev–Trinajstić information content (AvgIpc) is 3.63. The number of benzene rings is 1. The molecule has 1 aromatic rings. The summed E-state index contributed by atoms with van der Waals surface area (Å²) >= 11 is 0. The van der Waals surface area contributed by atoms with Gasteiger partial charge in [0.25, 0.3) is 0 Å². The van der Waals surface area contributed by atoms with Crippen LogP contribution in [0.25, 0.3) is 0 Å². The minimum Gasteiger partial charge on any atom is -0.508 e. The van der Waals surface area contributed by atoms with E-state index in [1.807, 2.05) is 6.07 Å².